The van der Waals surface area contributed by atoms with Crippen molar-refractivity contribution in [3.05, 3.63) is 59.7 Å². The molecule has 3 rings (SSSR count). The summed E-state index contributed by atoms with van der Waals surface area (Å²) >= 11 is 0. The maximum absolute atomic E-state index is 12.1. The summed E-state index contributed by atoms with van der Waals surface area (Å²) in [6.07, 6.45) is 1.13. The van der Waals surface area contributed by atoms with Crippen LogP contribution in [0.2, 0.25) is 0 Å². The van der Waals surface area contributed by atoms with Crippen molar-refractivity contribution in [3.63, 3.8) is 0 Å². The van der Waals surface area contributed by atoms with Crippen LogP contribution in [-0.4, -0.2) is 26.2 Å². The minimum Gasteiger partial charge on any atom is -0.496 e. The van der Waals surface area contributed by atoms with Crippen LogP contribution in [0, 0.1) is 0 Å². The van der Waals surface area contributed by atoms with Crippen LogP contribution >= 0.6 is 0 Å². The Kier molecular flexibility index (Phi) is 4.81. The monoisotopic (exact) mass is 311 g/mol. The molecule has 1 unspecified atom stereocenters. The summed E-state index contributed by atoms with van der Waals surface area (Å²) in [6.45, 7) is 1.24. The van der Waals surface area contributed by atoms with Crippen molar-refractivity contribution in [2.45, 2.75) is 18.8 Å². The largest absolute Gasteiger partial charge is 0.496 e. The van der Waals surface area contributed by atoms with Gasteiger partial charge in [-0.15, -0.1) is 0 Å². The number of aryl methyl sites for hydroxylation is 1. The molecule has 1 aliphatic rings. The van der Waals surface area contributed by atoms with E-state index in [2.05, 4.69) is 11.4 Å². The Morgan fingerprint density at radius 2 is 2.00 bits per heavy atom. The molecule has 1 heterocycles. The van der Waals surface area contributed by atoms with Crippen LogP contribution in [0.15, 0.2) is 48.5 Å². The lowest BCUT2D eigenvalue weighted by molar-refractivity contribution is -0.121. The SMILES string of the molecule is COc1ccccc1CCC(=O)NCC1COc2ccccc21. The average molecular weight is 311 g/mol. The summed E-state index contributed by atoms with van der Waals surface area (Å²) < 4.78 is 10.9. The fourth-order valence-corrected chi connectivity index (χ4v) is 2.88. The molecule has 4 heteroatoms. The minimum atomic E-state index is 0.0558. The van der Waals surface area contributed by atoms with Gasteiger partial charge in [0.2, 0.25) is 5.91 Å². The summed E-state index contributed by atoms with van der Waals surface area (Å²) in [7, 11) is 1.65. The second-order valence-electron chi connectivity index (χ2n) is 5.66. The van der Waals surface area contributed by atoms with Gasteiger partial charge in [0.1, 0.15) is 11.5 Å². The molecule has 0 aliphatic carbocycles. The standard InChI is InChI=1S/C19H21NO3/c1-22-17-8-4-2-6-14(17)10-11-19(21)20-12-15-13-23-18-9-5-3-7-16(15)18/h2-9,15H,10-13H2,1H3,(H,20,21). The first kappa shape index (κ1) is 15.4. The molecule has 0 saturated carbocycles. The van der Waals surface area contributed by atoms with E-state index in [1.807, 2.05) is 42.5 Å². The molecule has 0 bridgehead atoms. The summed E-state index contributed by atoms with van der Waals surface area (Å²) in [5.41, 5.74) is 2.23. The van der Waals surface area contributed by atoms with Crippen LogP contribution in [0.4, 0.5) is 0 Å². The predicted octanol–water partition coefficient (Wildman–Crippen LogP) is 2.92. The third-order valence-electron chi connectivity index (χ3n) is 4.16. The van der Waals surface area contributed by atoms with Gasteiger partial charge in [0, 0.05) is 24.4 Å². The van der Waals surface area contributed by atoms with Gasteiger partial charge in [0.15, 0.2) is 0 Å². The van der Waals surface area contributed by atoms with Crippen molar-refractivity contribution in [2.75, 3.05) is 20.3 Å². The predicted molar refractivity (Wildman–Crippen MR) is 89.0 cm³/mol. The Morgan fingerprint density at radius 3 is 2.87 bits per heavy atom. The maximum atomic E-state index is 12.1. The third kappa shape index (κ3) is 3.65. The number of rotatable bonds is 6. The lowest BCUT2D eigenvalue weighted by Crippen LogP contribution is -2.29. The highest BCUT2D eigenvalue weighted by atomic mass is 16.5. The Balaban J connectivity index is 1.49. The van der Waals surface area contributed by atoms with E-state index in [0.29, 0.717) is 26.0 Å². The Morgan fingerprint density at radius 1 is 1.22 bits per heavy atom. The molecular formula is C19H21NO3. The summed E-state index contributed by atoms with van der Waals surface area (Å²) in [5.74, 6) is 2.06. The first-order valence-electron chi connectivity index (χ1n) is 7.88. The molecule has 2 aromatic carbocycles. The minimum absolute atomic E-state index is 0.0558. The summed E-state index contributed by atoms with van der Waals surface area (Å²) in [5, 5.41) is 3.01. The van der Waals surface area contributed by atoms with Crippen molar-refractivity contribution in [3.8, 4) is 11.5 Å². The highest BCUT2D eigenvalue weighted by Crippen LogP contribution is 2.32. The van der Waals surface area contributed by atoms with E-state index in [1.54, 1.807) is 7.11 Å². The highest BCUT2D eigenvalue weighted by molar-refractivity contribution is 5.76. The van der Waals surface area contributed by atoms with Crippen molar-refractivity contribution in [2.24, 2.45) is 0 Å². The van der Waals surface area contributed by atoms with Crippen molar-refractivity contribution >= 4 is 5.91 Å². The van der Waals surface area contributed by atoms with Crippen molar-refractivity contribution in [1.29, 1.82) is 0 Å². The molecule has 0 fully saturated rings. The number of methoxy groups -OCH3 is 1. The zero-order valence-electron chi connectivity index (χ0n) is 13.2. The number of amides is 1. The van der Waals surface area contributed by atoms with Crippen LogP contribution in [0.1, 0.15) is 23.5 Å². The maximum Gasteiger partial charge on any atom is 0.220 e. The fraction of sp³-hybridized carbons (Fsp3) is 0.316. The molecule has 0 spiro atoms. The van der Waals surface area contributed by atoms with E-state index in [1.165, 1.54) is 5.56 Å². The highest BCUT2D eigenvalue weighted by Gasteiger charge is 2.23. The molecule has 0 radical (unpaired) electrons. The van der Waals surface area contributed by atoms with E-state index in [-0.39, 0.29) is 11.8 Å². The van der Waals surface area contributed by atoms with Crippen LogP contribution in [0.3, 0.4) is 0 Å². The number of carbonyl (C=O) groups is 1. The van der Waals surface area contributed by atoms with Crippen LogP contribution in [-0.2, 0) is 11.2 Å². The average Bonchev–Trinajstić information content (AvgIpc) is 3.01. The molecule has 23 heavy (non-hydrogen) atoms. The molecule has 120 valence electrons. The molecule has 4 nitrogen and oxygen atoms in total. The van der Waals surface area contributed by atoms with Crippen molar-refractivity contribution < 1.29 is 14.3 Å². The third-order valence-corrected chi connectivity index (χ3v) is 4.16. The van der Waals surface area contributed by atoms with Gasteiger partial charge in [-0.1, -0.05) is 36.4 Å². The van der Waals surface area contributed by atoms with E-state index < -0.39 is 0 Å². The van der Waals surface area contributed by atoms with E-state index in [0.717, 1.165) is 17.1 Å². The zero-order chi connectivity index (χ0) is 16.1. The zero-order valence-corrected chi connectivity index (χ0v) is 13.2. The van der Waals surface area contributed by atoms with Gasteiger partial charge in [0.25, 0.3) is 0 Å². The Hall–Kier alpha value is -2.49. The molecular weight excluding hydrogens is 290 g/mol. The number of benzene rings is 2. The van der Waals surface area contributed by atoms with Gasteiger partial charge >= 0.3 is 0 Å². The van der Waals surface area contributed by atoms with Crippen molar-refractivity contribution in [1.82, 2.24) is 5.32 Å². The van der Waals surface area contributed by atoms with Gasteiger partial charge in [-0.25, -0.2) is 0 Å². The summed E-state index contributed by atoms with van der Waals surface area (Å²) in [4.78, 5) is 12.1. The number of nitrogens with one attached hydrogen (secondary N) is 1. The van der Waals surface area contributed by atoms with Gasteiger partial charge in [-0.05, 0) is 24.1 Å². The first-order chi connectivity index (χ1) is 11.3. The number of carbonyl (C=O) groups excluding carboxylic acids is 1. The second kappa shape index (κ2) is 7.18. The first-order valence-corrected chi connectivity index (χ1v) is 7.88. The molecule has 1 N–H and O–H groups in total. The van der Waals surface area contributed by atoms with Gasteiger partial charge in [-0.2, -0.15) is 0 Å². The van der Waals surface area contributed by atoms with Gasteiger partial charge in [0.05, 0.1) is 13.7 Å². The Bertz CT molecular complexity index is 684. The second-order valence-corrected chi connectivity index (χ2v) is 5.66. The van der Waals surface area contributed by atoms with E-state index in [9.17, 15) is 4.79 Å². The lowest BCUT2D eigenvalue weighted by Gasteiger charge is -2.11. The fourth-order valence-electron chi connectivity index (χ4n) is 2.88. The molecule has 0 saturated heterocycles. The molecule has 0 aromatic heterocycles. The smallest absolute Gasteiger partial charge is 0.220 e. The Labute approximate surface area is 136 Å². The number of fused-ring (bicyclic) bond motifs is 1. The lowest BCUT2D eigenvalue weighted by atomic mass is 10.0. The quantitative estimate of drug-likeness (QED) is 0.892. The number of hydrogen-bond donors (Lipinski definition) is 1. The topological polar surface area (TPSA) is 47.6 Å². The molecule has 1 atom stereocenters. The summed E-state index contributed by atoms with van der Waals surface area (Å²) in [6, 6.07) is 15.8. The molecule has 1 aliphatic heterocycles. The number of hydrogen-bond acceptors (Lipinski definition) is 3. The van der Waals surface area contributed by atoms with Gasteiger partial charge in [-0.3, -0.25) is 4.79 Å². The normalized spacial score (nSPS) is 15.6. The van der Waals surface area contributed by atoms with Crippen LogP contribution in [0.25, 0.3) is 0 Å². The van der Waals surface area contributed by atoms with Crippen LogP contribution < -0.4 is 14.8 Å². The molecule has 1 amide bonds. The van der Waals surface area contributed by atoms with Crippen LogP contribution in [0.5, 0.6) is 11.5 Å². The van der Waals surface area contributed by atoms with E-state index >= 15 is 0 Å². The molecule has 2 aromatic rings. The van der Waals surface area contributed by atoms with Gasteiger partial charge < -0.3 is 14.8 Å². The number of para-hydroxylation sites is 2. The van der Waals surface area contributed by atoms with E-state index in [4.69, 9.17) is 9.47 Å². The number of ether oxygens (including phenoxy) is 2.